The average Bonchev–Trinajstić information content (AvgIpc) is 3.66. The second-order valence-corrected chi connectivity index (χ2v) is 9.49. The zero-order valence-electron chi connectivity index (χ0n) is 15.8. The molecule has 0 aliphatic heterocycles. The molecule has 0 radical (unpaired) electrons. The van der Waals surface area contributed by atoms with Gasteiger partial charge in [0.25, 0.3) is 0 Å². The van der Waals surface area contributed by atoms with Crippen LogP contribution >= 0.6 is 23.1 Å². The van der Waals surface area contributed by atoms with Crippen LogP contribution in [0.3, 0.4) is 0 Å². The molecule has 1 amide bonds. The zero-order chi connectivity index (χ0) is 19.8. The van der Waals surface area contributed by atoms with Crippen LogP contribution in [0, 0.1) is 5.82 Å². The van der Waals surface area contributed by atoms with Crippen molar-refractivity contribution in [3.8, 4) is 0 Å². The van der Waals surface area contributed by atoms with Gasteiger partial charge in [0.1, 0.15) is 11.6 Å². The number of hydrogen-bond donors (Lipinski definition) is 1. The third kappa shape index (κ3) is 4.23. The van der Waals surface area contributed by atoms with Gasteiger partial charge in [-0.2, -0.15) is 0 Å². The van der Waals surface area contributed by atoms with Crippen molar-refractivity contribution in [2.24, 2.45) is 0 Å². The summed E-state index contributed by atoms with van der Waals surface area (Å²) in [6, 6.07) is 10.4. The number of hydrogen-bond acceptors (Lipinski definition) is 5. The highest BCUT2D eigenvalue weighted by molar-refractivity contribution is 7.99. The Hall–Kier alpha value is -2.19. The van der Waals surface area contributed by atoms with Crippen LogP contribution in [0.25, 0.3) is 0 Å². The van der Waals surface area contributed by atoms with Crippen molar-refractivity contribution in [1.29, 1.82) is 0 Å². The molecule has 29 heavy (non-hydrogen) atoms. The lowest BCUT2D eigenvalue weighted by Crippen LogP contribution is -2.30. The molecule has 8 heteroatoms. The lowest BCUT2D eigenvalue weighted by molar-refractivity contribution is -0.119. The number of amides is 1. The fraction of sp³-hybridized carbons (Fsp3) is 0.381. The number of benzene rings is 1. The highest BCUT2D eigenvalue weighted by Gasteiger charge is 2.36. The predicted octanol–water partition coefficient (Wildman–Crippen LogP) is 4.69. The second-order valence-electron chi connectivity index (χ2n) is 7.57. The molecule has 2 saturated carbocycles. The Bertz CT molecular complexity index is 994. The van der Waals surface area contributed by atoms with Crippen LogP contribution in [0.4, 0.5) is 4.39 Å². The summed E-state index contributed by atoms with van der Waals surface area (Å²) in [5.41, 5.74) is 0.865. The predicted molar refractivity (Wildman–Crippen MR) is 112 cm³/mol. The van der Waals surface area contributed by atoms with Gasteiger partial charge in [0.15, 0.2) is 5.16 Å². The Kier molecular flexibility index (Phi) is 5.13. The topological polar surface area (TPSA) is 59.8 Å². The van der Waals surface area contributed by atoms with Gasteiger partial charge in [-0.15, -0.1) is 21.5 Å². The van der Waals surface area contributed by atoms with Gasteiger partial charge in [0.05, 0.1) is 11.8 Å². The first-order chi connectivity index (χ1) is 14.2. The summed E-state index contributed by atoms with van der Waals surface area (Å²) in [6.45, 7) is 0. The number of thioether (sulfide) groups is 1. The molecule has 0 spiro atoms. The molecule has 2 heterocycles. The van der Waals surface area contributed by atoms with Gasteiger partial charge in [0.2, 0.25) is 5.91 Å². The Labute approximate surface area is 176 Å². The van der Waals surface area contributed by atoms with Gasteiger partial charge in [0, 0.05) is 16.8 Å². The maximum Gasteiger partial charge on any atom is 0.231 e. The van der Waals surface area contributed by atoms with E-state index in [1.165, 1.54) is 49.6 Å². The summed E-state index contributed by atoms with van der Waals surface area (Å²) in [6.07, 6.45) is 4.72. The molecule has 5 nitrogen and oxygen atoms in total. The van der Waals surface area contributed by atoms with Gasteiger partial charge in [-0.1, -0.05) is 30.0 Å². The Balaban J connectivity index is 1.28. The minimum absolute atomic E-state index is 0.0731. The number of carbonyl (C=O) groups is 1. The summed E-state index contributed by atoms with van der Waals surface area (Å²) in [7, 11) is 0. The van der Waals surface area contributed by atoms with E-state index < -0.39 is 0 Å². The van der Waals surface area contributed by atoms with Crippen molar-refractivity contribution < 1.29 is 9.18 Å². The van der Waals surface area contributed by atoms with Crippen molar-refractivity contribution in [1.82, 2.24) is 20.1 Å². The van der Waals surface area contributed by atoms with E-state index in [1.54, 1.807) is 23.5 Å². The van der Waals surface area contributed by atoms with Crippen LogP contribution in [0.1, 0.15) is 59.9 Å². The van der Waals surface area contributed by atoms with Crippen LogP contribution in [0.2, 0.25) is 0 Å². The molecule has 0 bridgehead atoms. The number of rotatable bonds is 8. The number of thiophene rings is 1. The Morgan fingerprint density at radius 1 is 1.21 bits per heavy atom. The van der Waals surface area contributed by atoms with E-state index in [4.69, 9.17) is 0 Å². The minimum atomic E-state index is -0.286. The molecule has 1 N–H and O–H groups in total. The Morgan fingerprint density at radius 2 is 2.00 bits per heavy atom. The van der Waals surface area contributed by atoms with Crippen LogP contribution in [-0.2, 0) is 4.79 Å². The van der Waals surface area contributed by atoms with E-state index in [-0.39, 0.29) is 23.5 Å². The van der Waals surface area contributed by atoms with Gasteiger partial charge in [-0.25, -0.2) is 4.39 Å². The Morgan fingerprint density at radius 3 is 2.66 bits per heavy atom. The standard InChI is InChI=1S/C21H21FN4OS2/c22-15-7-5-13(6-8-15)19(17-2-1-11-28-17)23-18(27)12-29-21-25-24-20(14-3-4-14)26(21)16-9-10-16/h1-2,5-8,11,14,16,19H,3-4,9-10,12H2,(H,23,27). The molecular weight excluding hydrogens is 407 g/mol. The molecule has 5 rings (SSSR count). The van der Waals surface area contributed by atoms with E-state index in [2.05, 4.69) is 20.1 Å². The monoisotopic (exact) mass is 428 g/mol. The van der Waals surface area contributed by atoms with Crippen LogP contribution in [0.15, 0.2) is 46.9 Å². The van der Waals surface area contributed by atoms with E-state index in [9.17, 15) is 9.18 Å². The third-order valence-electron chi connectivity index (χ3n) is 5.21. The van der Waals surface area contributed by atoms with Crippen molar-refractivity contribution in [3.63, 3.8) is 0 Å². The van der Waals surface area contributed by atoms with Gasteiger partial charge < -0.3 is 9.88 Å². The lowest BCUT2D eigenvalue weighted by atomic mass is 10.1. The van der Waals surface area contributed by atoms with E-state index >= 15 is 0 Å². The molecule has 3 aromatic rings. The summed E-state index contributed by atoms with van der Waals surface area (Å²) in [4.78, 5) is 13.8. The molecule has 2 fully saturated rings. The largest absolute Gasteiger partial charge is 0.344 e. The van der Waals surface area contributed by atoms with Crippen molar-refractivity contribution in [2.75, 3.05) is 5.75 Å². The average molecular weight is 429 g/mol. The lowest BCUT2D eigenvalue weighted by Gasteiger charge is -2.18. The van der Waals surface area contributed by atoms with Crippen molar-refractivity contribution in [2.45, 2.75) is 48.8 Å². The summed E-state index contributed by atoms with van der Waals surface area (Å²) < 4.78 is 15.6. The van der Waals surface area contributed by atoms with E-state index in [0.29, 0.717) is 12.0 Å². The normalized spacial score (nSPS) is 17.3. The highest BCUT2D eigenvalue weighted by Crippen LogP contribution is 2.46. The fourth-order valence-electron chi connectivity index (χ4n) is 3.44. The van der Waals surface area contributed by atoms with Gasteiger partial charge in [-0.05, 0) is 54.8 Å². The fourth-order valence-corrected chi connectivity index (χ4v) is 5.07. The maximum absolute atomic E-state index is 13.3. The second kappa shape index (κ2) is 7.91. The molecule has 1 atom stereocenters. The number of nitrogens with zero attached hydrogens (tertiary/aromatic N) is 3. The SMILES string of the molecule is O=C(CSc1nnc(C2CC2)n1C1CC1)NC(c1ccc(F)cc1)c1cccs1. The highest BCUT2D eigenvalue weighted by atomic mass is 32.2. The molecular formula is C21H21FN4OS2. The molecule has 2 aromatic heterocycles. The minimum Gasteiger partial charge on any atom is -0.344 e. The summed E-state index contributed by atoms with van der Waals surface area (Å²) in [5.74, 6) is 1.56. The quantitative estimate of drug-likeness (QED) is 0.529. The molecule has 1 aromatic carbocycles. The van der Waals surface area contributed by atoms with Crippen LogP contribution in [-0.4, -0.2) is 26.4 Å². The van der Waals surface area contributed by atoms with Crippen LogP contribution in [0.5, 0.6) is 0 Å². The first-order valence-electron chi connectivity index (χ1n) is 9.85. The maximum atomic E-state index is 13.3. The van der Waals surface area contributed by atoms with Crippen LogP contribution < -0.4 is 5.32 Å². The number of nitrogens with one attached hydrogen (secondary N) is 1. The zero-order valence-corrected chi connectivity index (χ0v) is 17.4. The van der Waals surface area contributed by atoms with E-state index in [0.717, 1.165) is 21.4 Å². The molecule has 0 saturated heterocycles. The number of halogens is 1. The summed E-state index contributed by atoms with van der Waals surface area (Å²) in [5, 5.41) is 14.7. The molecule has 1 unspecified atom stereocenters. The van der Waals surface area contributed by atoms with E-state index in [1.807, 2.05) is 17.5 Å². The molecule has 2 aliphatic rings. The van der Waals surface area contributed by atoms with Crippen molar-refractivity contribution in [3.05, 3.63) is 63.9 Å². The first-order valence-corrected chi connectivity index (χ1v) is 11.7. The summed E-state index contributed by atoms with van der Waals surface area (Å²) >= 11 is 3.02. The number of aromatic nitrogens is 3. The number of carbonyl (C=O) groups excluding carboxylic acids is 1. The third-order valence-corrected chi connectivity index (χ3v) is 7.09. The smallest absolute Gasteiger partial charge is 0.231 e. The van der Waals surface area contributed by atoms with Gasteiger partial charge >= 0.3 is 0 Å². The van der Waals surface area contributed by atoms with Crippen molar-refractivity contribution >= 4 is 29.0 Å². The molecule has 2 aliphatic carbocycles. The van der Waals surface area contributed by atoms with Gasteiger partial charge in [-0.3, -0.25) is 4.79 Å². The first kappa shape index (κ1) is 18.8. The molecule has 150 valence electrons.